The zero-order valence-electron chi connectivity index (χ0n) is 13.5. The van der Waals surface area contributed by atoms with Crippen LogP contribution in [0.3, 0.4) is 0 Å². The fraction of sp³-hybridized carbons (Fsp3) is 0.368. The van der Waals surface area contributed by atoms with Crippen LogP contribution in [-0.2, 0) is 6.42 Å². The number of rotatable bonds is 4. The second-order valence-corrected chi connectivity index (χ2v) is 6.38. The van der Waals surface area contributed by atoms with Gasteiger partial charge in [-0.15, -0.1) is 0 Å². The van der Waals surface area contributed by atoms with Gasteiger partial charge in [-0.3, -0.25) is 0 Å². The summed E-state index contributed by atoms with van der Waals surface area (Å²) in [6.45, 7) is 3.13. The summed E-state index contributed by atoms with van der Waals surface area (Å²) in [5, 5.41) is 4.51. The maximum atomic E-state index is 4.67. The third kappa shape index (κ3) is 2.81. The second kappa shape index (κ2) is 6.03. The number of aryl methyl sites for hydroxylation is 2. The van der Waals surface area contributed by atoms with Crippen LogP contribution in [0.5, 0.6) is 0 Å². The Kier molecular flexibility index (Phi) is 3.74. The molecule has 0 amide bonds. The van der Waals surface area contributed by atoms with Gasteiger partial charge >= 0.3 is 0 Å². The Hall–Kier alpha value is -2.36. The lowest BCUT2D eigenvalue weighted by Gasteiger charge is -2.26. The molecule has 2 aromatic heterocycles. The quantitative estimate of drug-likeness (QED) is 0.738. The molecule has 0 radical (unpaired) electrons. The van der Waals surface area contributed by atoms with E-state index in [1.54, 1.807) is 0 Å². The summed E-state index contributed by atoms with van der Waals surface area (Å²) >= 11 is 0. The van der Waals surface area contributed by atoms with Crippen molar-refractivity contribution in [3.05, 3.63) is 60.0 Å². The lowest BCUT2D eigenvalue weighted by atomic mass is 10.0. The number of hydrogen-bond acceptors (Lipinski definition) is 3. The minimum atomic E-state index is 0.573. The summed E-state index contributed by atoms with van der Waals surface area (Å²) < 4.78 is 1.95. The van der Waals surface area contributed by atoms with Crippen molar-refractivity contribution in [2.24, 2.45) is 0 Å². The van der Waals surface area contributed by atoms with Crippen molar-refractivity contribution in [3.63, 3.8) is 0 Å². The van der Waals surface area contributed by atoms with Gasteiger partial charge in [-0.25, -0.2) is 9.50 Å². The third-order valence-electron chi connectivity index (χ3n) is 4.75. The predicted octanol–water partition coefficient (Wildman–Crippen LogP) is 3.64. The van der Waals surface area contributed by atoms with Crippen molar-refractivity contribution in [1.82, 2.24) is 14.6 Å². The Bertz CT molecular complexity index is 793. The van der Waals surface area contributed by atoms with Crippen LogP contribution in [0.2, 0.25) is 0 Å². The largest absolute Gasteiger partial charge is 0.352 e. The molecule has 1 saturated heterocycles. The molecule has 1 unspecified atom stereocenters. The fourth-order valence-corrected chi connectivity index (χ4v) is 3.64. The van der Waals surface area contributed by atoms with E-state index in [0.717, 1.165) is 30.0 Å². The molecule has 4 nitrogen and oxygen atoms in total. The van der Waals surface area contributed by atoms with Crippen LogP contribution in [0, 0.1) is 6.92 Å². The maximum absolute atomic E-state index is 4.67. The van der Waals surface area contributed by atoms with Gasteiger partial charge in [0.1, 0.15) is 5.52 Å². The van der Waals surface area contributed by atoms with Crippen LogP contribution in [-0.4, -0.2) is 27.2 Å². The number of aromatic nitrogens is 3. The normalized spacial score (nSPS) is 18.0. The Balaban J connectivity index is 1.57. The van der Waals surface area contributed by atoms with Gasteiger partial charge in [-0.05, 0) is 44.2 Å². The molecule has 23 heavy (non-hydrogen) atoms. The molecule has 118 valence electrons. The smallest absolute Gasteiger partial charge is 0.154 e. The molecule has 1 fully saturated rings. The first-order chi connectivity index (χ1) is 11.3. The van der Waals surface area contributed by atoms with E-state index in [4.69, 9.17) is 0 Å². The van der Waals surface area contributed by atoms with Gasteiger partial charge in [-0.2, -0.15) is 5.10 Å². The predicted molar refractivity (Wildman–Crippen MR) is 92.9 cm³/mol. The molecule has 0 spiro atoms. The van der Waals surface area contributed by atoms with Gasteiger partial charge in [0, 0.05) is 25.0 Å². The second-order valence-electron chi connectivity index (χ2n) is 6.38. The lowest BCUT2D eigenvalue weighted by Crippen LogP contribution is -2.30. The average molecular weight is 306 g/mol. The standard InChI is InChI=1S/C19H22N4/c1-15-14-18-19(20-11-13-23(18)21-15)22-12-5-8-17(22)10-9-16-6-3-2-4-7-16/h2-4,6-7,11,13-14,17H,5,8-10,12H2,1H3. The summed E-state index contributed by atoms with van der Waals surface area (Å²) in [7, 11) is 0. The topological polar surface area (TPSA) is 33.4 Å². The van der Waals surface area contributed by atoms with Gasteiger partial charge in [0.25, 0.3) is 0 Å². The number of benzene rings is 1. The molecule has 1 aromatic carbocycles. The zero-order chi connectivity index (χ0) is 15.6. The molecule has 3 aromatic rings. The molecule has 1 atom stereocenters. The van der Waals surface area contributed by atoms with E-state index >= 15 is 0 Å². The van der Waals surface area contributed by atoms with Gasteiger partial charge in [0.2, 0.25) is 0 Å². The highest BCUT2D eigenvalue weighted by molar-refractivity contribution is 5.69. The van der Waals surface area contributed by atoms with Crippen molar-refractivity contribution < 1.29 is 0 Å². The molecule has 0 aliphatic carbocycles. The van der Waals surface area contributed by atoms with Crippen molar-refractivity contribution in [2.45, 2.75) is 38.6 Å². The van der Waals surface area contributed by atoms with E-state index in [2.05, 4.69) is 51.4 Å². The van der Waals surface area contributed by atoms with Crippen molar-refractivity contribution in [2.75, 3.05) is 11.4 Å². The Labute approximate surface area is 136 Å². The van der Waals surface area contributed by atoms with Gasteiger partial charge in [0.05, 0.1) is 5.69 Å². The van der Waals surface area contributed by atoms with E-state index in [9.17, 15) is 0 Å². The SMILES string of the molecule is Cc1cc2c(N3CCCC3CCc3ccccc3)nccn2n1. The Morgan fingerprint density at radius 1 is 1.22 bits per heavy atom. The molecule has 1 aliphatic rings. The maximum Gasteiger partial charge on any atom is 0.154 e. The highest BCUT2D eigenvalue weighted by atomic mass is 15.3. The van der Waals surface area contributed by atoms with Crippen LogP contribution in [0.1, 0.15) is 30.5 Å². The molecule has 3 heterocycles. The van der Waals surface area contributed by atoms with Gasteiger partial charge in [0.15, 0.2) is 5.82 Å². The van der Waals surface area contributed by atoms with Gasteiger partial charge in [-0.1, -0.05) is 30.3 Å². The van der Waals surface area contributed by atoms with Crippen LogP contribution in [0.25, 0.3) is 5.52 Å². The molecule has 4 heteroatoms. The minimum Gasteiger partial charge on any atom is -0.352 e. The van der Waals surface area contributed by atoms with Crippen LogP contribution >= 0.6 is 0 Å². The summed E-state index contributed by atoms with van der Waals surface area (Å²) in [5.74, 6) is 1.09. The van der Waals surface area contributed by atoms with E-state index < -0.39 is 0 Å². The minimum absolute atomic E-state index is 0.573. The van der Waals surface area contributed by atoms with Crippen molar-refractivity contribution in [3.8, 4) is 0 Å². The lowest BCUT2D eigenvalue weighted by molar-refractivity contribution is 0.606. The summed E-state index contributed by atoms with van der Waals surface area (Å²) in [4.78, 5) is 7.16. The Morgan fingerprint density at radius 3 is 2.96 bits per heavy atom. The summed E-state index contributed by atoms with van der Waals surface area (Å²) in [6, 6.07) is 13.5. The highest BCUT2D eigenvalue weighted by Gasteiger charge is 2.27. The number of nitrogens with zero attached hydrogens (tertiary/aromatic N) is 4. The first kappa shape index (κ1) is 14.2. The monoisotopic (exact) mass is 306 g/mol. The van der Waals surface area contributed by atoms with E-state index in [-0.39, 0.29) is 0 Å². The molecule has 0 bridgehead atoms. The molecular formula is C19H22N4. The summed E-state index contributed by atoms with van der Waals surface area (Å²) in [6.07, 6.45) is 8.60. The van der Waals surface area contributed by atoms with Crippen molar-refractivity contribution in [1.29, 1.82) is 0 Å². The molecule has 0 saturated carbocycles. The Morgan fingerprint density at radius 2 is 2.09 bits per heavy atom. The molecule has 4 rings (SSSR count). The van der Waals surface area contributed by atoms with Gasteiger partial charge < -0.3 is 4.90 Å². The van der Waals surface area contributed by atoms with Crippen LogP contribution < -0.4 is 4.90 Å². The van der Waals surface area contributed by atoms with Crippen LogP contribution in [0.15, 0.2) is 48.8 Å². The molecule has 1 aliphatic heterocycles. The van der Waals surface area contributed by atoms with E-state index in [0.29, 0.717) is 6.04 Å². The number of fused-ring (bicyclic) bond motifs is 1. The third-order valence-corrected chi connectivity index (χ3v) is 4.75. The molecule has 0 N–H and O–H groups in total. The summed E-state index contributed by atoms with van der Waals surface area (Å²) in [5.41, 5.74) is 3.58. The highest BCUT2D eigenvalue weighted by Crippen LogP contribution is 2.29. The van der Waals surface area contributed by atoms with E-state index in [1.807, 2.05) is 23.8 Å². The van der Waals surface area contributed by atoms with E-state index in [1.165, 1.54) is 24.8 Å². The molecular weight excluding hydrogens is 284 g/mol. The first-order valence-corrected chi connectivity index (χ1v) is 8.43. The first-order valence-electron chi connectivity index (χ1n) is 8.43. The average Bonchev–Trinajstić information content (AvgIpc) is 3.18. The number of hydrogen-bond donors (Lipinski definition) is 0. The fourth-order valence-electron chi connectivity index (χ4n) is 3.64. The van der Waals surface area contributed by atoms with Crippen LogP contribution in [0.4, 0.5) is 5.82 Å². The van der Waals surface area contributed by atoms with Crippen molar-refractivity contribution >= 4 is 11.3 Å². The number of anilines is 1. The zero-order valence-corrected chi connectivity index (χ0v) is 13.5.